The van der Waals surface area contributed by atoms with Crippen LogP contribution in [-0.2, 0) is 10.2 Å². The first-order valence-corrected chi connectivity index (χ1v) is 6.38. The molecule has 0 aliphatic carbocycles. The van der Waals surface area contributed by atoms with Gasteiger partial charge in [-0.25, -0.2) is 4.79 Å². The second-order valence-electron chi connectivity index (χ2n) is 5.68. The minimum absolute atomic E-state index is 0.0915. The van der Waals surface area contributed by atoms with Crippen LogP contribution in [0, 0.1) is 0 Å². The number of hydrogen-bond donors (Lipinski definition) is 2. The number of likely N-dealkylation sites (N-methyl/N-ethyl adjacent to an activating group) is 1. The molecule has 0 radical (unpaired) electrons. The predicted molar refractivity (Wildman–Crippen MR) is 72.5 cm³/mol. The second kappa shape index (κ2) is 3.95. The van der Waals surface area contributed by atoms with Gasteiger partial charge in [0.2, 0.25) is 0 Å². The highest BCUT2D eigenvalue weighted by Crippen LogP contribution is 2.42. The number of benzene rings is 1. The van der Waals surface area contributed by atoms with Crippen LogP contribution < -0.4 is 11.1 Å². The summed E-state index contributed by atoms with van der Waals surface area (Å²) < 4.78 is 10.6. The van der Waals surface area contributed by atoms with E-state index >= 15 is 0 Å². The Morgan fingerprint density at radius 2 is 2.11 bits per heavy atom. The molecule has 0 atom stereocenters. The zero-order valence-electron chi connectivity index (χ0n) is 11.4. The van der Waals surface area contributed by atoms with Crippen molar-refractivity contribution in [1.82, 2.24) is 10.3 Å². The summed E-state index contributed by atoms with van der Waals surface area (Å²) in [6, 6.07) is 5.87. The SMILES string of the molecule is CNC(C)(C)C1(c2ccc3[nH]c(=O)oc3c2)COC1. The van der Waals surface area contributed by atoms with Gasteiger partial charge in [-0.2, -0.15) is 0 Å². The summed E-state index contributed by atoms with van der Waals surface area (Å²) in [6.45, 7) is 5.65. The van der Waals surface area contributed by atoms with Crippen molar-refractivity contribution in [1.29, 1.82) is 0 Å². The lowest BCUT2D eigenvalue weighted by Gasteiger charge is -2.52. The van der Waals surface area contributed by atoms with Crippen molar-refractivity contribution in [3.63, 3.8) is 0 Å². The van der Waals surface area contributed by atoms with Crippen LogP contribution in [0.4, 0.5) is 0 Å². The third kappa shape index (κ3) is 1.65. The molecule has 0 unspecified atom stereocenters. The summed E-state index contributed by atoms with van der Waals surface area (Å²) in [5.41, 5.74) is 2.27. The van der Waals surface area contributed by atoms with E-state index in [0.29, 0.717) is 18.8 Å². The van der Waals surface area contributed by atoms with E-state index < -0.39 is 5.76 Å². The third-order valence-corrected chi connectivity index (χ3v) is 4.49. The van der Waals surface area contributed by atoms with Gasteiger partial charge in [0.15, 0.2) is 5.58 Å². The molecule has 1 aliphatic heterocycles. The number of fused-ring (bicyclic) bond motifs is 1. The van der Waals surface area contributed by atoms with Crippen molar-refractivity contribution >= 4 is 11.1 Å². The molecule has 0 spiro atoms. The van der Waals surface area contributed by atoms with E-state index in [-0.39, 0.29) is 11.0 Å². The molecular formula is C14H18N2O3. The lowest BCUT2D eigenvalue weighted by Crippen LogP contribution is -2.65. The van der Waals surface area contributed by atoms with Crippen LogP contribution >= 0.6 is 0 Å². The quantitative estimate of drug-likeness (QED) is 0.877. The summed E-state index contributed by atoms with van der Waals surface area (Å²) in [5, 5.41) is 3.36. The molecule has 19 heavy (non-hydrogen) atoms. The summed E-state index contributed by atoms with van der Waals surface area (Å²) in [6.07, 6.45) is 0. The summed E-state index contributed by atoms with van der Waals surface area (Å²) in [5.74, 6) is -0.418. The zero-order valence-corrected chi connectivity index (χ0v) is 11.4. The highest BCUT2D eigenvalue weighted by Gasteiger charge is 2.51. The monoisotopic (exact) mass is 262 g/mol. The van der Waals surface area contributed by atoms with Crippen LogP contribution in [0.5, 0.6) is 0 Å². The van der Waals surface area contributed by atoms with Gasteiger partial charge in [-0.1, -0.05) is 6.07 Å². The lowest BCUT2D eigenvalue weighted by atomic mass is 9.65. The van der Waals surface area contributed by atoms with Crippen LogP contribution in [0.1, 0.15) is 19.4 Å². The molecule has 0 saturated carbocycles. The fourth-order valence-corrected chi connectivity index (χ4v) is 2.68. The molecule has 1 aromatic heterocycles. The van der Waals surface area contributed by atoms with Crippen LogP contribution in [0.25, 0.3) is 11.1 Å². The average molecular weight is 262 g/mol. The van der Waals surface area contributed by atoms with Gasteiger partial charge in [0.05, 0.1) is 24.1 Å². The number of nitrogens with one attached hydrogen (secondary N) is 2. The van der Waals surface area contributed by atoms with Crippen molar-refractivity contribution in [3.05, 3.63) is 34.3 Å². The van der Waals surface area contributed by atoms with Crippen LogP contribution in [0.2, 0.25) is 0 Å². The van der Waals surface area contributed by atoms with Gasteiger partial charge in [0.1, 0.15) is 0 Å². The predicted octanol–water partition coefficient (Wildman–Crippen LogP) is 1.39. The van der Waals surface area contributed by atoms with Crippen LogP contribution in [-0.4, -0.2) is 30.8 Å². The molecule has 0 amide bonds. The Morgan fingerprint density at radius 3 is 2.68 bits per heavy atom. The summed E-state index contributed by atoms with van der Waals surface area (Å²) in [4.78, 5) is 13.9. The van der Waals surface area contributed by atoms with Gasteiger partial charge in [0.25, 0.3) is 0 Å². The van der Waals surface area contributed by atoms with E-state index in [4.69, 9.17) is 9.15 Å². The molecule has 102 valence electrons. The molecule has 0 bridgehead atoms. The van der Waals surface area contributed by atoms with Gasteiger partial charge < -0.3 is 14.5 Å². The first-order chi connectivity index (χ1) is 8.98. The average Bonchev–Trinajstić information content (AvgIpc) is 2.66. The number of rotatable bonds is 3. The van der Waals surface area contributed by atoms with Crippen molar-refractivity contribution in [2.45, 2.75) is 24.8 Å². The Balaban J connectivity index is 2.14. The molecule has 2 heterocycles. The third-order valence-electron chi connectivity index (χ3n) is 4.49. The first kappa shape index (κ1) is 12.4. The van der Waals surface area contributed by atoms with Crippen molar-refractivity contribution < 1.29 is 9.15 Å². The van der Waals surface area contributed by atoms with Crippen molar-refractivity contribution in [2.24, 2.45) is 0 Å². The molecular weight excluding hydrogens is 244 g/mol. The molecule has 1 fully saturated rings. The van der Waals surface area contributed by atoms with E-state index in [1.165, 1.54) is 0 Å². The fourth-order valence-electron chi connectivity index (χ4n) is 2.68. The minimum Gasteiger partial charge on any atom is -0.408 e. The molecule has 3 rings (SSSR count). The highest BCUT2D eigenvalue weighted by atomic mass is 16.5. The number of oxazole rings is 1. The number of ether oxygens (including phenoxy) is 1. The van der Waals surface area contributed by atoms with Crippen molar-refractivity contribution in [3.8, 4) is 0 Å². The number of aromatic nitrogens is 1. The largest absolute Gasteiger partial charge is 0.417 e. The van der Waals surface area contributed by atoms with Gasteiger partial charge in [0, 0.05) is 5.54 Å². The van der Waals surface area contributed by atoms with E-state index in [1.54, 1.807) is 0 Å². The van der Waals surface area contributed by atoms with Gasteiger partial charge in [-0.15, -0.1) is 0 Å². The molecule has 2 aromatic rings. The Hall–Kier alpha value is -1.59. The molecule has 1 aromatic carbocycles. The van der Waals surface area contributed by atoms with E-state index in [0.717, 1.165) is 11.1 Å². The Labute approximate surface area is 111 Å². The van der Waals surface area contributed by atoms with Crippen molar-refractivity contribution in [2.75, 3.05) is 20.3 Å². The van der Waals surface area contributed by atoms with Gasteiger partial charge >= 0.3 is 5.76 Å². The second-order valence-corrected chi connectivity index (χ2v) is 5.68. The maximum absolute atomic E-state index is 11.2. The molecule has 2 N–H and O–H groups in total. The molecule has 5 heteroatoms. The Morgan fingerprint density at radius 1 is 1.37 bits per heavy atom. The molecule has 1 saturated heterocycles. The van der Waals surface area contributed by atoms with E-state index in [1.807, 2.05) is 25.2 Å². The van der Waals surface area contributed by atoms with Crippen LogP contribution in [0.15, 0.2) is 27.4 Å². The number of aromatic amines is 1. The zero-order chi connectivity index (χ0) is 13.7. The minimum atomic E-state index is -0.418. The summed E-state index contributed by atoms with van der Waals surface area (Å²) in [7, 11) is 1.95. The first-order valence-electron chi connectivity index (χ1n) is 6.38. The fraction of sp³-hybridized carbons (Fsp3) is 0.500. The lowest BCUT2D eigenvalue weighted by molar-refractivity contribution is -0.0990. The number of H-pyrrole nitrogens is 1. The number of hydrogen-bond acceptors (Lipinski definition) is 4. The topological polar surface area (TPSA) is 67.3 Å². The molecule has 5 nitrogen and oxygen atoms in total. The Bertz CT molecular complexity index is 665. The molecule has 1 aliphatic rings. The van der Waals surface area contributed by atoms with Crippen LogP contribution in [0.3, 0.4) is 0 Å². The maximum atomic E-state index is 11.2. The van der Waals surface area contributed by atoms with Gasteiger partial charge in [-0.3, -0.25) is 4.98 Å². The van der Waals surface area contributed by atoms with E-state index in [2.05, 4.69) is 24.1 Å². The van der Waals surface area contributed by atoms with Gasteiger partial charge in [-0.05, 0) is 38.6 Å². The summed E-state index contributed by atoms with van der Waals surface area (Å²) >= 11 is 0. The standard InChI is InChI=1S/C14H18N2O3/c1-13(2,15-3)14(7-18-8-14)9-4-5-10-11(6-9)19-12(17)16-10/h4-6,15H,7-8H2,1-3H3,(H,16,17). The maximum Gasteiger partial charge on any atom is 0.417 e. The highest BCUT2D eigenvalue weighted by molar-refractivity contribution is 5.73. The Kier molecular flexibility index (Phi) is 2.59. The smallest absolute Gasteiger partial charge is 0.408 e. The van der Waals surface area contributed by atoms with E-state index in [9.17, 15) is 4.79 Å². The normalized spacial score (nSPS) is 18.5.